The number of pyridine rings is 1. The maximum Gasteiger partial charge on any atom is 0.407 e. The molecule has 154 valence electrons. The Morgan fingerprint density at radius 3 is 2.59 bits per heavy atom. The van der Waals surface area contributed by atoms with Gasteiger partial charge in [0.1, 0.15) is 12.1 Å². The molecule has 8 nitrogen and oxygen atoms in total. The van der Waals surface area contributed by atoms with Crippen molar-refractivity contribution in [2.75, 3.05) is 44.2 Å². The molecule has 1 unspecified atom stereocenters. The molecule has 0 saturated carbocycles. The van der Waals surface area contributed by atoms with Crippen LogP contribution in [0.1, 0.15) is 0 Å². The number of carbonyl (C=O) groups is 2. The Morgan fingerprint density at radius 2 is 2.00 bits per heavy atom. The van der Waals surface area contributed by atoms with Gasteiger partial charge in [-0.3, -0.25) is 9.80 Å². The van der Waals surface area contributed by atoms with E-state index in [1.54, 1.807) is 0 Å². The van der Waals surface area contributed by atoms with Crippen LogP contribution in [0, 0.1) is 0 Å². The maximum absolute atomic E-state index is 11.2. The van der Waals surface area contributed by atoms with Crippen LogP contribution in [0.2, 0.25) is 5.02 Å². The SMILES string of the molecule is NC(CN(CC=O)C(=O)O)N1CCN(c2ccc(-c3cccc(Cl)c3)cn2)CC1. The summed E-state index contributed by atoms with van der Waals surface area (Å²) in [5, 5.41) is 9.82. The fourth-order valence-electron chi connectivity index (χ4n) is 3.36. The van der Waals surface area contributed by atoms with Gasteiger partial charge in [-0.1, -0.05) is 23.7 Å². The van der Waals surface area contributed by atoms with Crippen molar-refractivity contribution in [3.8, 4) is 11.1 Å². The Bertz CT molecular complexity index is 840. The van der Waals surface area contributed by atoms with Crippen molar-refractivity contribution < 1.29 is 14.7 Å². The highest BCUT2D eigenvalue weighted by atomic mass is 35.5. The molecule has 2 heterocycles. The molecular weight excluding hydrogens is 394 g/mol. The van der Waals surface area contributed by atoms with Gasteiger partial charge in [-0.05, 0) is 29.8 Å². The lowest BCUT2D eigenvalue weighted by Gasteiger charge is -2.39. The molecule has 1 saturated heterocycles. The normalized spacial score (nSPS) is 15.7. The van der Waals surface area contributed by atoms with Crippen LogP contribution in [-0.2, 0) is 4.79 Å². The minimum Gasteiger partial charge on any atom is -0.465 e. The summed E-state index contributed by atoms with van der Waals surface area (Å²) in [5.74, 6) is 0.886. The third-order valence-corrected chi connectivity index (χ3v) is 5.22. The highest BCUT2D eigenvalue weighted by molar-refractivity contribution is 6.30. The van der Waals surface area contributed by atoms with Crippen molar-refractivity contribution >= 4 is 29.8 Å². The van der Waals surface area contributed by atoms with E-state index in [9.17, 15) is 9.59 Å². The number of piperazine rings is 1. The molecule has 9 heteroatoms. The number of hydrogen-bond acceptors (Lipinski definition) is 6. The number of nitrogens with zero attached hydrogens (tertiary/aromatic N) is 4. The molecular formula is C20H24ClN5O3. The van der Waals surface area contributed by atoms with Gasteiger partial charge in [0.15, 0.2) is 0 Å². The van der Waals surface area contributed by atoms with Gasteiger partial charge in [0.2, 0.25) is 0 Å². The average Bonchev–Trinajstić information content (AvgIpc) is 2.73. The molecule has 3 N–H and O–H groups in total. The monoisotopic (exact) mass is 417 g/mol. The fourth-order valence-corrected chi connectivity index (χ4v) is 3.55. The predicted octanol–water partition coefficient (Wildman–Crippen LogP) is 1.99. The number of carbonyl (C=O) groups excluding carboxylic acids is 1. The molecule has 0 bridgehead atoms. The minimum atomic E-state index is -1.14. The number of nitrogens with two attached hydrogens (primary N) is 1. The standard InChI is InChI=1S/C20H24ClN5O3/c21-17-3-1-2-15(12-17)16-4-5-19(23-13-16)25-8-6-24(7-9-25)18(22)14-26(10-11-27)20(28)29/h1-5,11-13,18H,6-10,14,22H2,(H,28,29). The number of amides is 1. The van der Waals surface area contributed by atoms with Gasteiger partial charge in [-0.2, -0.15) is 0 Å². The van der Waals surface area contributed by atoms with Crippen molar-refractivity contribution in [1.82, 2.24) is 14.8 Å². The quantitative estimate of drug-likeness (QED) is 0.664. The molecule has 2 aromatic rings. The first-order valence-electron chi connectivity index (χ1n) is 9.36. The summed E-state index contributed by atoms with van der Waals surface area (Å²) >= 11 is 6.06. The van der Waals surface area contributed by atoms with Crippen molar-refractivity contribution in [1.29, 1.82) is 0 Å². The van der Waals surface area contributed by atoms with E-state index in [4.69, 9.17) is 22.4 Å². The summed E-state index contributed by atoms with van der Waals surface area (Å²) in [6.45, 7) is 2.77. The number of hydrogen-bond donors (Lipinski definition) is 2. The molecule has 0 aliphatic carbocycles. The van der Waals surface area contributed by atoms with Crippen LogP contribution in [0.25, 0.3) is 11.1 Å². The van der Waals surface area contributed by atoms with E-state index in [1.807, 2.05) is 47.5 Å². The van der Waals surface area contributed by atoms with Crippen LogP contribution < -0.4 is 10.6 Å². The van der Waals surface area contributed by atoms with E-state index in [0.717, 1.165) is 34.9 Å². The first-order chi connectivity index (χ1) is 14.0. The number of carboxylic acid groups (broad SMARTS) is 1. The van der Waals surface area contributed by atoms with E-state index in [-0.39, 0.29) is 13.1 Å². The lowest BCUT2D eigenvalue weighted by atomic mass is 10.1. The van der Waals surface area contributed by atoms with Gasteiger partial charge >= 0.3 is 6.09 Å². The summed E-state index contributed by atoms with van der Waals surface area (Å²) < 4.78 is 0. The smallest absolute Gasteiger partial charge is 0.407 e. The molecule has 1 amide bonds. The second kappa shape index (κ2) is 9.69. The lowest BCUT2D eigenvalue weighted by molar-refractivity contribution is -0.108. The molecule has 1 aliphatic heterocycles. The zero-order valence-electron chi connectivity index (χ0n) is 15.9. The molecule has 1 fully saturated rings. The molecule has 0 radical (unpaired) electrons. The van der Waals surface area contributed by atoms with Crippen LogP contribution in [0.4, 0.5) is 10.6 Å². The summed E-state index contributed by atoms with van der Waals surface area (Å²) in [5.41, 5.74) is 8.18. The Labute approximate surface area is 174 Å². The van der Waals surface area contributed by atoms with Gasteiger partial charge in [0.05, 0.1) is 19.3 Å². The number of benzene rings is 1. The summed E-state index contributed by atoms with van der Waals surface area (Å²) in [6, 6.07) is 11.7. The van der Waals surface area contributed by atoms with Crippen molar-refractivity contribution in [2.45, 2.75) is 6.17 Å². The second-order valence-corrected chi connectivity index (χ2v) is 7.30. The molecule has 1 aromatic heterocycles. The molecule has 1 aliphatic rings. The molecule has 29 heavy (non-hydrogen) atoms. The Kier molecular flexibility index (Phi) is 7.03. The number of halogens is 1. The molecule has 1 aromatic carbocycles. The van der Waals surface area contributed by atoms with E-state index in [2.05, 4.69) is 9.88 Å². The van der Waals surface area contributed by atoms with E-state index >= 15 is 0 Å². The highest BCUT2D eigenvalue weighted by Gasteiger charge is 2.25. The molecule has 1 atom stereocenters. The number of rotatable bonds is 7. The second-order valence-electron chi connectivity index (χ2n) is 6.86. The van der Waals surface area contributed by atoms with Crippen molar-refractivity contribution in [3.63, 3.8) is 0 Å². The van der Waals surface area contributed by atoms with Crippen LogP contribution in [-0.4, -0.2) is 77.7 Å². The van der Waals surface area contributed by atoms with Gasteiger partial charge in [-0.25, -0.2) is 9.78 Å². The Balaban J connectivity index is 1.56. The first kappa shape index (κ1) is 21.0. The Hall–Kier alpha value is -2.68. The van der Waals surface area contributed by atoms with Crippen LogP contribution in [0.3, 0.4) is 0 Å². The molecule has 3 rings (SSSR count). The third-order valence-electron chi connectivity index (χ3n) is 4.99. The lowest BCUT2D eigenvalue weighted by Crippen LogP contribution is -2.57. The fraction of sp³-hybridized carbons (Fsp3) is 0.350. The maximum atomic E-state index is 11.2. The largest absolute Gasteiger partial charge is 0.465 e. The molecule has 0 spiro atoms. The van der Waals surface area contributed by atoms with Gasteiger partial charge in [0.25, 0.3) is 0 Å². The first-order valence-corrected chi connectivity index (χ1v) is 9.74. The summed E-state index contributed by atoms with van der Waals surface area (Å²) in [7, 11) is 0. The third kappa shape index (κ3) is 5.44. The highest BCUT2D eigenvalue weighted by Crippen LogP contribution is 2.24. The summed E-state index contributed by atoms with van der Waals surface area (Å²) in [4.78, 5) is 31.6. The number of aromatic nitrogens is 1. The van der Waals surface area contributed by atoms with Gasteiger partial charge < -0.3 is 20.5 Å². The zero-order valence-corrected chi connectivity index (χ0v) is 16.7. The van der Waals surface area contributed by atoms with Crippen molar-refractivity contribution in [3.05, 3.63) is 47.6 Å². The van der Waals surface area contributed by atoms with Crippen LogP contribution in [0.15, 0.2) is 42.6 Å². The van der Waals surface area contributed by atoms with Gasteiger partial charge in [0, 0.05) is 43.0 Å². The van der Waals surface area contributed by atoms with Crippen LogP contribution >= 0.6 is 11.6 Å². The van der Waals surface area contributed by atoms with E-state index in [0.29, 0.717) is 24.4 Å². The average molecular weight is 418 g/mol. The number of aldehydes is 1. The van der Waals surface area contributed by atoms with E-state index < -0.39 is 12.3 Å². The van der Waals surface area contributed by atoms with Crippen LogP contribution in [0.5, 0.6) is 0 Å². The minimum absolute atomic E-state index is 0.0979. The number of anilines is 1. The topological polar surface area (TPSA) is 103 Å². The predicted molar refractivity (Wildman–Crippen MR) is 112 cm³/mol. The zero-order chi connectivity index (χ0) is 20.8. The summed E-state index contributed by atoms with van der Waals surface area (Å²) in [6.07, 6.45) is 0.808. The van der Waals surface area contributed by atoms with Gasteiger partial charge in [-0.15, -0.1) is 0 Å². The Morgan fingerprint density at radius 1 is 1.24 bits per heavy atom. The van der Waals surface area contributed by atoms with E-state index in [1.165, 1.54) is 0 Å². The van der Waals surface area contributed by atoms with Crippen molar-refractivity contribution in [2.24, 2.45) is 5.73 Å².